The topological polar surface area (TPSA) is 47.9 Å². The van der Waals surface area contributed by atoms with Gasteiger partial charge in [0.2, 0.25) is 0 Å². The van der Waals surface area contributed by atoms with E-state index in [-0.39, 0.29) is 55.4 Å². The zero-order valence-corrected chi connectivity index (χ0v) is 21.0. The van der Waals surface area contributed by atoms with E-state index in [0.717, 1.165) is 0 Å². The van der Waals surface area contributed by atoms with Crippen LogP contribution in [0.25, 0.3) is 0 Å². The quantitative estimate of drug-likeness (QED) is 0.384. The average Bonchev–Trinajstić information content (AvgIpc) is 3.23. The number of alkyl halides is 12. The van der Waals surface area contributed by atoms with E-state index >= 15 is 0 Å². The first-order chi connectivity index (χ1) is 18.4. The second-order valence-corrected chi connectivity index (χ2v) is 10.7. The van der Waals surface area contributed by atoms with Crippen LogP contribution in [0.2, 0.25) is 0 Å². The van der Waals surface area contributed by atoms with Crippen molar-refractivity contribution in [1.29, 1.82) is 0 Å². The molecule has 41 heavy (non-hydrogen) atoms. The van der Waals surface area contributed by atoms with Gasteiger partial charge >= 0.3 is 24.7 Å². The van der Waals surface area contributed by atoms with Crippen LogP contribution in [-0.2, 0) is 30.3 Å². The molecule has 0 aliphatic carbocycles. The van der Waals surface area contributed by atoms with Gasteiger partial charge in [0.05, 0.1) is 28.3 Å². The van der Waals surface area contributed by atoms with E-state index in [2.05, 4.69) is 10.3 Å². The second kappa shape index (κ2) is 9.42. The molecule has 2 N–H and O–H groups in total. The fourth-order valence-corrected chi connectivity index (χ4v) is 4.90. The highest BCUT2D eigenvalue weighted by molar-refractivity contribution is 5.83. The number of aliphatic hydroxyl groups is 1. The zero-order chi connectivity index (χ0) is 31.0. The van der Waals surface area contributed by atoms with Gasteiger partial charge in [0, 0.05) is 25.0 Å². The van der Waals surface area contributed by atoms with Crippen molar-refractivity contribution in [2.75, 3.05) is 19.6 Å². The Labute approximate surface area is 224 Å². The molecular formula is C25H21F12N3O. The number of halogens is 12. The largest absolute Gasteiger partial charge is 0.416 e. The Kier molecular flexibility index (Phi) is 7.08. The molecule has 0 spiro atoms. The highest BCUT2D eigenvalue weighted by Crippen LogP contribution is 2.45. The summed E-state index contributed by atoms with van der Waals surface area (Å²) in [5.74, 6) is 0.0267. The van der Waals surface area contributed by atoms with Crippen molar-refractivity contribution in [3.05, 3.63) is 69.8 Å². The molecular weight excluding hydrogens is 586 g/mol. The number of benzene rings is 2. The lowest BCUT2D eigenvalue weighted by atomic mass is 9.77. The summed E-state index contributed by atoms with van der Waals surface area (Å²) in [6, 6.07) is -1.95. The number of rotatable bonds is 3. The molecule has 16 heteroatoms. The Morgan fingerprint density at radius 3 is 1.37 bits per heavy atom. The van der Waals surface area contributed by atoms with Gasteiger partial charge in [-0.2, -0.15) is 52.7 Å². The number of nitrogens with zero attached hydrogens (tertiary/aromatic N) is 2. The lowest BCUT2D eigenvalue weighted by Crippen LogP contribution is -2.49. The van der Waals surface area contributed by atoms with Crippen molar-refractivity contribution >= 4 is 5.96 Å². The lowest BCUT2D eigenvalue weighted by molar-refractivity contribution is -0.144. The van der Waals surface area contributed by atoms with E-state index in [1.54, 1.807) is 13.8 Å². The first-order valence-corrected chi connectivity index (χ1v) is 11.8. The van der Waals surface area contributed by atoms with Gasteiger partial charge in [-0.25, -0.2) is 0 Å². The molecule has 2 aliphatic rings. The SMILES string of the molecule is CC1(C)CN=C2NC(C(O)(c3cc(C(F)(F)F)cc(C(F)(F)F)c3)c3cc(C(F)(F)F)cc(C(F)(F)F)c3)CN2C1. The van der Waals surface area contributed by atoms with Gasteiger partial charge in [0.1, 0.15) is 5.60 Å². The van der Waals surface area contributed by atoms with E-state index in [0.29, 0.717) is 0 Å². The minimum Gasteiger partial charge on any atom is -0.378 e. The third-order valence-corrected chi connectivity index (χ3v) is 6.84. The number of aliphatic imine (C=N–C) groups is 1. The van der Waals surface area contributed by atoms with E-state index in [1.807, 2.05) is 0 Å². The lowest BCUT2D eigenvalue weighted by Gasteiger charge is -2.37. The predicted octanol–water partition coefficient (Wildman–Crippen LogP) is 6.67. The van der Waals surface area contributed by atoms with Gasteiger partial charge in [0.25, 0.3) is 0 Å². The van der Waals surface area contributed by atoms with Gasteiger partial charge in [-0.1, -0.05) is 13.8 Å². The molecule has 4 nitrogen and oxygen atoms in total. The number of guanidine groups is 1. The molecule has 1 saturated heterocycles. The summed E-state index contributed by atoms with van der Waals surface area (Å²) >= 11 is 0. The van der Waals surface area contributed by atoms with Gasteiger partial charge in [-0.15, -0.1) is 0 Å². The Morgan fingerprint density at radius 2 is 1.02 bits per heavy atom. The molecule has 2 aliphatic heterocycles. The van der Waals surface area contributed by atoms with Gasteiger partial charge in [0.15, 0.2) is 5.96 Å². The van der Waals surface area contributed by atoms with Crippen molar-refractivity contribution in [3.8, 4) is 0 Å². The Balaban J connectivity index is 2.04. The second-order valence-electron chi connectivity index (χ2n) is 10.7. The van der Waals surface area contributed by atoms with Gasteiger partial charge in [-0.05, 0) is 47.5 Å². The molecule has 0 bridgehead atoms. The Bertz CT molecular complexity index is 1220. The van der Waals surface area contributed by atoms with E-state index in [9.17, 15) is 57.8 Å². The maximum absolute atomic E-state index is 13.7. The molecule has 0 radical (unpaired) electrons. The zero-order valence-electron chi connectivity index (χ0n) is 21.0. The van der Waals surface area contributed by atoms with E-state index in [4.69, 9.17) is 0 Å². The minimum atomic E-state index is -5.42. The fraction of sp³-hybridized carbons (Fsp3) is 0.480. The van der Waals surface area contributed by atoms with Crippen molar-refractivity contribution in [3.63, 3.8) is 0 Å². The molecule has 2 heterocycles. The average molecular weight is 607 g/mol. The number of hydrogen-bond donors (Lipinski definition) is 2. The highest BCUT2D eigenvalue weighted by atomic mass is 19.4. The number of fused-ring (bicyclic) bond motifs is 1. The number of hydrogen-bond acceptors (Lipinski definition) is 4. The third-order valence-electron chi connectivity index (χ3n) is 6.84. The number of nitrogens with one attached hydrogen (secondary N) is 1. The Hall–Kier alpha value is -3.17. The van der Waals surface area contributed by atoms with Crippen molar-refractivity contribution in [2.45, 2.75) is 50.2 Å². The first-order valence-electron chi connectivity index (χ1n) is 11.8. The minimum absolute atomic E-state index is 0.0267. The summed E-state index contributed by atoms with van der Waals surface area (Å²) in [7, 11) is 0. The highest BCUT2D eigenvalue weighted by Gasteiger charge is 2.51. The van der Waals surface area contributed by atoms with E-state index < -0.39 is 81.7 Å². The maximum Gasteiger partial charge on any atom is 0.416 e. The summed E-state index contributed by atoms with van der Waals surface area (Å²) in [5, 5.41) is 14.6. The molecule has 2 aromatic rings. The molecule has 1 atom stereocenters. The summed E-state index contributed by atoms with van der Waals surface area (Å²) in [6.45, 7) is 3.53. The smallest absolute Gasteiger partial charge is 0.378 e. The van der Waals surface area contributed by atoms with Crippen LogP contribution in [-0.4, -0.2) is 41.6 Å². The molecule has 0 saturated carbocycles. The van der Waals surface area contributed by atoms with Crippen molar-refractivity contribution in [1.82, 2.24) is 10.2 Å². The predicted molar refractivity (Wildman–Crippen MR) is 120 cm³/mol. The molecule has 2 aromatic carbocycles. The third kappa shape index (κ3) is 6.06. The molecule has 226 valence electrons. The van der Waals surface area contributed by atoms with Crippen LogP contribution in [0.3, 0.4) is 0 Å². The summed E-state index contributed by atoms with van der Waals surface area (Å²) < 4.78 is 164. The summed E-state index contributed by atoms with van der Waals surface area (Å²) in [5.41, 5.74) is -13.9. The fourth-order valence-electron chi connectivity index (χ4n) is 4.90. The Morgan fingerprint density at radius 1 is 0.683 bits per heavy atom. The molecule has 1 unspecified atom stereocenters. The van der Waals surface area contributed by atoms with Crippen LogP contribution >= 0.6 is 0 Å². The van der Waals surface area contributed by atoms with Crippen LogP contribution in [0, 0.1) is 5.41 Å². The molecule has 0 amide bonds. The van der Waals surface area contributed by atoms with Gasteiger partial charge < -0.3 is 15.3 Å². The molecule has 0 aromatic heterocycles. The van der Waals surface area contributed by atoms with Gasteiger partial charge in [-0.3, -0.25) is 4.99 Å². The van der Waals surface area contributed by atoms with Crippen molar-refractivity contribution < 1.29 is 57.8 Å². The molecule has 1 fully saturated rings. The summed E-state index contributed by atoms with van der Waals surface area (Å²) in [4.78, 5) is 5.68. The first kappa shape index (κ1) is 30.8. The van der Waals surface area contributed by atoms with Crippen molar-refractivity contribution in [2.24, 2.45) is 10.4 Å². The maximum atomic E-state index is 13.7. The van der Waals surface area contributed by atoms with Crippen LogP contribution in [0.1, 0.15) is 47.2 Å². The standard InChI is InChI=1S/C25H21F12N3O/c1-20(2)10-38-19-39-18(9-40(19)11-20)21(41,12-3-14(22(26,27)28)7-15(4-12)23(29,30)31)13-5-16(24(32,33)34)8-17(6-13)25(35,36)37/h3-8,18,41H,9-11H2,1-2H3,(H,38,39). The van der Waals surface area contributed by atoms with Crippen LogP contribution in [0.15, 0.2) is 41.4 Å². The normalized spacial score (nSPS) is 20.0. The van der Waals surface area contributed by atoms with Crippen LogP contribution in [0.4, 0.5) is 52.7 Å². The van der Waals surface area contributed by atoms with Crippen LogP contribution in [0.5, 0.6) is 0 Å². The van der Waals surface area contributed by atoms with E-state index in [1.165, 1.54) is 4.90 Å². The molecule has 4 rings (SSSR count). The van der Waals surface area contributed by atoms with Crippen LogP contribution < -0.4 is 5.32 Å². The monoisotopic (exact) mass is 607 g/mol. The summed E-state index contributed by atoms with van der Waals surface area (Å²) in [6.07, 6.45) is -21.7.